The number of nitrogens with one attached hydrogen (secondary N) is 2. The number of carbonyl (C=O) groups is 3. The maximum Gasteiger partial charge on any atom is 0.329 e. The zero-order valence-electron chi connectivity index (χ0n) is 15.4. The van der Waals surface area contributed by atoms with E-state index in [1.54, 1.807) is 38.3 Å². The molecule has 2 N–H and O–H groups in total. The number of aromatic nitrogens is 1. The van der Waals surface area contributed by atoms with E-state index in [4.69, 9.17) is 27.9 Å². The predicted molar refractivity (Wildman–Crippen MR) is 109 cm³/mol. The molecule has 10 heteroatoms. The Morgan fingerprint density at radius 1 is 1.29 bits per heavy atom. The number of carbonyl (C=O) groups excluding carboxylic acids is 3. The number of rotatable bonds is 7. The number of amides is 2. The van der Waals surface area contributed by atoms with Crippen LogP contribution in [0.25, 0.3) is 0 Å². The molecule has 0 aliphatic carbocycles. The fraction of sp³-hybridized carbons (Fsp3) is 0.333. The molecule has 2 heterocycles. The molecule has 0 aliphatic heterocycles. The summed E-state index contributed by atoms with van der Waals surface area (Å²) >= 11 is 13.3. The molecule has 0 bridgehead atoms. The third-order valence-electron chi connectivity index (χ3n) is 3.76. The first kappa shape index (κ1) is 22.1. The van der Waals surface area contributed by atoms with Crippen LogP contribution in [0.5, 0.6) is 0 Å². The molecular weight excluding hydrogens is 425 g/mol. The summed E-state index contributed by atoms with van der Waals surface area (Å²) in [5, 5.41) is 7.43. The van der Waals surface area contributed by atoms with Gasteiger partial charge in [-0.1, -0.05) is 43.1 Å². The molecule has 150 valence electrons. The Labute approximate surface area is 176 Å². The Morgan fingerprint density at radius 2 is 2.00 bits per heavy atom. The second-order valence-electron chi connectivity index (χ2n) is 6.22. The molecule has 1 atom stereocenters. The topological polar surface area (TPSA) is 97.4 Å². The van der Waals surface area contributed by atoms with Gasteiger partial charge in [0.2, 0.25) is 0 Å². The van der Waals surface area contributed by atoms with Crippen molar-refractivity contribution in [1.29, 1.82) is 0 Å². The first-order chi connectivity index (χ1) is 13.2. The van der Waals surface area contributed by atoms with Crippen LogP contribution in [0.15, 0.2) is 23.7 Å². The van der Waals surface area contributed by atoms with Gasteiger partial charge < -0.3 is 15.4 Å². The molecule has 0 fully saturated rings. The van der Waals surface area contributed by atoms with E-state index in [0.29, 0.717) is 15.5 Å². The minimum Gasteiger partial charge on any atom is -0.454 e. The molecule has 0 aromatic carbocycles. The van der Waals surface area contributed by atoms with Crippen molar-refractivity contribution in [2.24, 2.45) is 5.92 Å². The summed E-state index contributed by atoms with van der Waals surface area (Å²) in [6, 6.07) is 2.51. The summed E-state index contributed by atoms with van der Waals surface area (Å²) in [5.41, 5.74) is 0.571. The summed E-state index contributed by atoms with van der Waals surface area (Å²) in [7, 11) is 0. The minimum atomic E-state index is -0.887. The molecule has 2 aromatic rings. The Bertz CT molecular complexity index is 872. The van der Waals surface area contributed by atoms with E-state index in [9.17, 15) is 14.4 Å². The van der Waals surface area contributed by atoms with Gasteiger partial charge in [0, 0.05) is 6.20 Å². The molecule has 2 aromatic heterocycles. The number of nitrogens with zero attached hydrogens (tertiary/aromatic N) is 1. The van der Waals surface area contributed by atoms with Gasteiger partial charge in [-0.05, 0) is 29.9 Å². The second-order valence-corrected chi connectivity index (χ2v) is 7.95. The third kappa shape index (κ3) is 5.67. The van der Waals surface area contributed by atoms with E-state index < -0.39 is 24.5 Å². The van der Waals surface area contributed by atoms with Gasteiger partial charge in [-0.15, -0.1) is 11.3 Å². The standard InChI is InChI=1S/C18H19Cl2N3O4S/c1-9(2)15(23-17(25)12-5-4-6-28-12)18(26)27-8-13(24)22-16-14(20)10(3)11(19)7-21-16/h4-7,9,15H,8H2,1-3H3,(H,23,25)(H,21,22,24). The van der Waals surface area contributed by atoms with Gasteiger partial charge in [0.15, 0.2) is 12.4 Å². The van der Waals surface area contributed by atoms with E-state index in [1.165, 1.54) is 17.5 Å². The lowest BCUT2D eigenvalue weighted by Crippen LogP contribution is -2.45. The van der Waals surface area contributed by atoms with Crippen LogP contribution in [0.1, 0.15) is 29.1 Å². The number of hydrogen-bond acceptors (Lipinski definition) is 6. The number of esters is 1. The van der Waals surface area contributed by atoms with Crippen molar-refractivity contribution < 1.29 is 19.1 Å². The van der Waals surface area contributed by atoms with Crippen LogP contribution in [-0.2, 0) is 14.3 Å². The first-order valence-electron chi connectivity index (χ1n) is 8.32. The molecule has 0 spiro atoms. The zero-order valence-corrected chi connectivity index (χ0v) is 17.7. The Kier molecular flexibility index (Phi) is 7.79. The largest absolute Gasteiger partial charge is 0.454 e. The van der Waals surface area contributed by atoms with Crippen LogP contribution >= 0.6 is 34.5 Å². The van der Waals surface area contributed by atoms with Crippen molar-refractivity contribution in [3.63, 3.8) is 0 Å². The number of hydrogen-bond donors (Lipinski definition) is 2. The van der Waals surface area contributed by atoms with Crippen molar-refractivity contribution in [3.8, 4) is 0 Å². The van der Waals surface area contributed by atoms with Crippen LogP contribution in [-0.4, -0.2) is 35.4 Å². The quantitative estimate of drug-likeness (QED) is 0.635. The number of ether oxygens (including phenoxy) is 1. The maximum atomic E-state index is 12.3. The zero-order chi connectivity index (χ0) is 20.8. The highest BCUT2D eigenvalue weighted by Gasteiger charge is 2.27. The average Bonchev–Trinajstić information content (AvgIpc) is 3.19. The van der Waals surface area contributed by atoms with Gasteiger partial charge in [0.1, 0.15) is 6.04 Å². The molecule has 7 nitrogen and oxygen atoms in total. The smallest absolute Gasteiger partial charge is 0.329 e. The Balaban J connectivity index is 1.94. The normalized spacial score (nSPS) is 11.8. The van der Waals surface area contributed by atoms with E-state index in [-0.39, 0.29) is 22.7 Å². The highest BCUT2D eigenvalue weighted by atomic mass is 35.5. The molecular formula is C18H19Cl2N3O4S. The number of thiophene rings is 1. The van der Waals surface area contributed by atoms with Crippen molar-refractivity contribution in [3.05, 3.63) is 44.2 Å². The SMILES string of the molecule is Cc1c(Cl)cnc(NC(=O)COC(=O)C(NC(=O)c2cccs2)C(C)C)c1Cl. The van der Waals surface area contributed by atoms with Gasteiger partial charge >= 0.3 is 5.97 Å². The molecule has 0 aliphatic rings. The molecule has 28 heavy (non-hydrogen) atoms. The summed E-state index contributed by atoms with van der Waals surface area (Å²) in [5.74, 6) is -1.80. The molecule has 1 unspecified atom stereocenters. The number of halogens is 2. The van der Waals surface area contributed by atoms with Gasteiger partial charge in [-0.2, -0.15) is 0 Å². The second kappa shape index (κ2) is 9.86. The Hall–Kier alpha value is -2.16. The first-order valence-corrected chi connectivity index (χ1v) is 9.95. The van der Waals surface area contributed by atoms with E-state index in [2.05, 4.69) is 15.6 Å². The minimum absolute atomic E-state index is 0.121. The van der Waals surface area contributed by atoms with Gasteiger partial charge in [-0.3, -0.25) is 9.59 Å². The lowest BCUT2D eigenvalue weighted by atomic mass is 10.0. The molecule has 0 saturated heterocycles. The van der Waals surface area contributed by atoms with Crippen molar-refractivity contribution in [1.82, 2.24) is 10.3 Å². The van der Waals surface area contributed by atoms with Crippen LogP contribution in [0, 0.1) is 12.8 Å². The van der Waals surface area contributed by atoms with Crippen LogP contribution in [0.3, 0.4) is 0 Å². The summed E-state index contributed by atoms with van der Waals surface area (Å²) in [6.45, 7) is 4.67. The number of anilines is 1. The van der Waals surface area contributed by atoms with E-state index in [1.807, 2.05) is 0 Å². The molecule has 0 radical (unpaired) electrons. The summed E-state index contributed by atoms with van der Waals surface area (Å²) < 4.78 is 5.05. The number of pyridine rings is 1. The average molecular weight is 444 g/mol. The third-order valence-corrected chi connectivity index (χ3v) is 5.47. The molecule has 2 amide bonds. The fourth-order valence-corrected chi connectivity index (χ4v) is 3.17. The Morgan fingerprint density at radius 3 is 2.61 bits per heavy atom. The van der Waals surface area contributed by atoms with Crippen LogP contribution in [0.4, 0.5) is 5.82 Å². The van der Waals surface area contributed by atoms with Gasteiger partial charge in [0.25, 0.3) is 11.8 Å². The summed E-state index contributed by atoms with van der Waals surface area (Å²) in [4.78, 5) is 41.0. The highest BCUT2D eigenvalue weighted by Crippen LogP contribution is 2.28. The van der Waals surface area contributed by atoms with Gasteiger partial charge in [0.05, 0.1) is 14.9 Å². The van der Waals surface area contributed by atoms with Crippen molar-refractivity contribution >= 4 is 58.1 Å². The van der Waals surface area contributed by atoms with E-state index in [0.717, 1.165) is 0 Å². The summed E-state index contributed by atoms with van der Waals surface area (Å²) in [6.07, 6.45) is 1.36. The van der Waals surface area contributed by atoms with Crippen molar-refractivity contribution in [2.45, 2.75) is 26.8 Å². The highest BCUT2D eigenvalue weighted by molar-refractivity contribution is 7.12. The van der Waals surface area contributed by atoms with Gasteiger partial charge in [-0.25, -0.2) is 9.78 Å². The predicted octanol–water partition coefficient (Wildman–Crippen LogP) is 3.69. The lowest BCUT2D eigenvalue weighted by Gasteiger charge is -2.20. The van der Waals surface area contributed by atoms with Crippen LogP contribution < -0.4 is 10.6 Å². The van der Waals surface area contributed by atoms with E-state index >= 15 is 0 Å². The molecule has 0 saturated carbocycles. The maximum absolute atomic E-state index is 12.3. The monoisotopic (exact) mass is 443 g/mol. The van der Waals surface area contributed by atoms with Crippen molar-refractivity contribution in [2.75, 3.05) is 11.9 Å². The van der Waals surface area contributed by atoms with Crippen LogP contribution in [0.2, 0.25) is 10.0 Å². The fourth-order valence-electron chi connectivity index (χ4n) is 2.16. The lowest BCUT2D eigenvalue weighted by molar-refractivity contribution is -0.150. The molecule has 2 rings (SSSR count).